The number of hydrogen-bond donors (Lipinski definition) is 4. The molecule has 0 unspecified atom stereocenters. The summed E-state index contributed by atoms with van der Waals surface area (Å²) >= 11 is 12.8. The fourth-order valence-electron chi connectivity index (χ4n) is 4.80. The van der Waals surface area contributed by atoms with Crippen molar-refractivity contribution in [3.05, 3.63) is 98.5 Å². The van der Waals surface area contributed by atoms with E-state index in [1.165, 1.54) is 24.1 Å². The molecule has 0 heterocycles. The predicted octanol–water partition coefficient (Wildman–Crippen LogP) is 4.68. The molecular weight excluding hydrogens is 567 g/mol. The van der Waals surface area contributed by atoms with Crippen LogP contribution in [0.2, 0.25) is 10.0 Å². The van der Waals surface area contributed by atoms with Crippen molar-refractivity contribution >= 4 is 52.7 Å². The van der Waals surface area contributed by atoms with Gasteiger partial charge in [0.25, 0.3) is 5.91 Å². The van der Waals surface area contributed by atoms with Gasteiger partial charge >= 0.3 is 12.0 Å². The molecule has 3 aromatic carbocycles. The van der Waals surface area contributed by atoms with Gasteiger partial charge in [-0.25, -0.2) is 9.59 Å². The van der Waals surface area contributed by atoms with Gasteiger partial charge in [0.15, 0.2) is 0 Å². The zero-order valence-electron chi connectivity index (χ0n) is 22.5. The van der Waals surface area contributed by atoms with Crippen LogP contribution < -0.4 is 20.9 Å². The molecule has 0 saturated heterocycles. The second kappa shape index (κ2) is 13.1. The van der Waals surface area contributed by atoms with Gasteiger partial charge in [0, 0.05) is 7.05 Å². The number of urea groups is 1. The van der Waals surface area contributed by atoms with E-state index in [0.29, 0.717) is 0 Å². The number of nitrogens with one attached hydrogen (secondary N) is 3. The van der Waals surface area contributed by atoms with E-state index in [-0.39, 0.29) is 46.2 Å². The number of carboxylic acids is 1. The van der Waals surface area contributed by atoms with Crippen molar-refractivity contribution in [2.75, 3.05) is 18.5 Å². The topological polar surface area (TPSA) is 128 Å². The summed E-state index contributed by atoms with van der Waals surface area (Å²) in [5, 5.41) is 17.3. The van der Waals surface area contributed by atoms with Crippen LogP contribution in [0.15, 0.2) is 60.7 Å². The van der Waals surface area contributed by atoms with E-state index in [1.807, 2.05) is 55.5 Å². The van der Waals surface area contributed by atoms with Gasteiger partial charge in [-0.3, -0.25) is 9.59 Å². The Hall–Kier alpha value is -4.08. The van der Waals surface area contributed by atoms with Gasteiger partial charge in [-0.2, -0.15) is 0 Å². The second-order valence-corrected chi connectivity index (χ2v) is 10.7. The van der Waals surface area contributed by atoms with Crippen LogP contribution in [0, 0.1) is 6.92 Å². The summed E-state index contributed by atoms with van der Waals surface area (Å²) in [5.74, 6) is -2.49. The fraction of sp³-hybridized carbons (Fsp3) is 0.267. The Bertz CT molecular complexity index is 1500. The number of anilines is 1. The maximum Gasteiger partial charge on any atom is 0.328 e. The number of likely N-dealkylation sites (N-methyl/N-ethyl adjacent to an activating group) is 1. The molecule has 2 atom stereocenters. The molecule has 41 heavy (non-hydrogen) atoms. The normalized spacial score (nSPS) is 14.5. The third kappa shape index (κ3) is 7.17. The van der Waals surface area contributed by atoms with Gasteiger partial charge in [-0.1, -0.05) is 77.3 Å². The Morgan fingerprint density at radius 2 is 1.80 bits per heavy atom. The molecule has 3 aromatic rings. The number of halogens is 2. The number of rotatable bonds is 9. The summed E-state index contributed by atoms with van der Waals surface area (Å²) in [4.78, 5) is 51.9. The zero-order valence-corrected chi connectivity index (χ0v) is 24.1. The number of amides is 4. The maximum absolute atomic E-state index is 13.2. The second-order valence-electron chi connectivity index (χ2n) is 9.88. The van der Waals surface area contributed by atoms with Crippen LogP contribution >= 0.6 is 23.2 Å². The van der Waals surface area contributed by atoms with Crippen molar-refractivity contribution in [3.63, 3.8) is 0 Å². The number of aliphatic carboxylic acids is 1. The summed E-state index contributed by atoms with van der Waals surface area (Å²) in [6.07, 6.45) is 1.68. The summed E-state index contributed by atoms with van der Waals surface area (Å²) in [6, 6.07) is 16.0. The van der Waals surface area contributed by atoms with Crippen molar-refractivity contribution in [2.24, 2.45) is 0 Å². The SMILES string of the molecule is Cc1cccc(CC(=O)N(C)c2ccc(Cl)c(C(=O)N[C@@H](CNC(=O)N[C@@H]3CCc4ccccc43)C(=O)O)c2Cl)c1. The number of benzene rings is 3. The van der Waals surface area contributed by atoms with E-state index in [4.69, 9.17) is 23.2 Å². The van der Waals surface area contributed by atoms with Gasteiger partial charge in [0.05, 0.1) is 40.3 Å². The van der Waals surface area contributed by atoms with E-state index < -0.39 is 23.9 Å². The third-order valence-electron chi connectivity index (χ3n) is 6.98. The molecule has 1 aliphatic carbocycles. The number of carbonyl (C=O) groups is 4. The predicted molar refractivity (Wildman–Crippen MR) is 158 cm³/mol. The average molecular weight is 597 g/mol. The molecular formula is C30H30Cl2N4O5. The Kier molecular flexibility index (Phi) is 9.52. The van der Waals surface area contributed by atoms with Crippen molar-refractivity contribution in [1.29, 1.82) is 0 Å². The van der Waals surface area contributed by atoms with Crippen LogP contribution in [-0.4, -0.2) is 48.6 Å². The highest BCUT2D eigenvalue weighted by atomic mass is 35.5. The molecule has 0 fully saturated rings. The van der Waals surface area contributed by atoms with Gasteiger partial charge < -0.3 is 26.0 Å². The minimum Gasteiger partial charge on any atom is -0.480 e. The summed E-state index contributed by atoms with van der Waals surface area (Å²) in [7, 11) is 1.53. The van der Waals surface area contributed by atoms with Crippen molar-refractivity contribution < 1.29 is 24.3 Å². The molecule has 0 aromatic heterocycles. The largest absolute Gasteiger partial charge is 0.480 e. The van der Waals surface area contributed by atoms with Crippen LogP contribution in [-0.2, 0) is 22.4 Å². The lowest BCUT2D eigenvalue weighted by molar-refractivity contribution is -0.139. The first-order chi connectivity index (χ1) is 19.5. The van der Waals surface area contributed by atoms with E-state index in [2.05, 4.69) is 16.0 Å². The first-order valence-corrected chi connectivity index (χ1v) is 13.8. The van der Waals surface area contributed by atoms with Crippen molar-refractivity contribution in [2.45, 2.75) is 38.3 Å². The lowest BCUT2D eigenvalue weighted by Crippen LogP contribution is -2.50. The summed E-state index contributed by atoms with van der Waals surface area (Å²) < 4.78 is 0. The highest BCUT2D eigenvalue weighted by Gasteiger charge is 2.28. The Balaban J connectivity index is 1.41. The van der Waals surface area contributed by atoms with Gasteiger partial charge in [0.1, 0.15) is 6.04 Å². The smallest absolute Gasteiger partial charge is 0.328 e. The highest BCUT2D eigenvalue weighted by molar-refractivity contribution is 6.41. The van der Waals surface area contributed by atoms with Gasteiger partial charge in [-0.15, -0.1) is 0 Å². The molecule has 0 spiro atoms. The third-order valence-corrected chi connectivity index (χ3v) is 7.68. The van der Waals surface area contributed by atoms with E-state index >= 15 is 0 Å². The molecule has 4 amide bonds. The van der Waals surface area contributed by atoms with Crippen LogP contribution in [0.1, 0.15) is 45.1 Å². The lowest BCUT2D eigenvalue weighted by atomic mass is 10.1. The first kappa shape index (κ1) is 29.9. The van der Waals surface area contributed by atoms with E-state index in [9.17, 15) is 24.3 Å². The quantitative estimate of drug-likeness (QED) is 0.285. The molecule has 4 N–H and O–H groups in total. The molecule has 0 saturated carbocycles. The number of fused-ring (bicyclic) bond motifs is 1. The lowest BCUT2D eigenvalue weighted by Gasteiger charge is -2.22. The Morgan fingerprint density at radius 1 is 1.05 bits per heavy atom. The minimum atomic E-state index is -1.47. The molecule has 0 bridgehead atoms. The van der Waals surface area contributed by atoms with E-state index in [1.54, 1.807) is 0 Å². The number of nitrogens with zero attached hydrogens (tertiary/aromatic N) is 1. The minimum absolute atomic E-state index is 0.0227. The molecule has 9 nitrogen and oxygen atoms in total. The van der Waals surface area contributed by atoms with Crippen LogP contribution in [0.5, 0.6) is 0 Å². The van der Waals surface area contributed by atoms with Gasteiger partial charge in [-0.05, 0) is 48.6 Å². The number of hydrogen-bond acceptors (Lipinski definition) is 4. The number of aryl methyl sites for hydroxylation is 2. The fourth-order valence-corrected chi connectivity index (χ4v) is 5.47. The molecule has 1 aliphatic rings. The number of carboxylic acid groups (broad SMARTS) is 1. The van der Waals surface area contributed by atoms with Crippen LogP contribution in [0.4, 0.5) is 10.5 Å². The maximum atomic E-state index is 13.2. The Labute approximate surface area is 247 Å². The standard InChI is InChI=1S/C30H30Cl2N4O5/c1-17-6-5-7-18(14-17)15-25(37)36(2)24-13-11-21(31)26(27(24)32)28(38)34-23(29(39)40)16-33-30(41)35-22-12-10-19-8-3-4-9-20(19)22/h3-9,11,13-14,22-23H,10,12,15-16H2,1-2H3,(H,34,38)(H,39,40)(H2,33,35,41)/t22-,23+/m1/s1. The van der Waals surface area contributed by atoms with Crippen LogP contribution in [0.25, 0.3) is 0 Å². The van der Waals surface area contributed by atoms with Gasteiger partial charge in [0.2, 0.25) is 5.91 Å². The highest BCUT2D eigenvalue weighted by Crippen LogP contribution is 2.34. The molecule has 11 heteroatoms. The summed E-state index contributed by atoms with van der Waals surface area (Å²) in [5.41, 5.74) is 4.08. The van der Waals surface area contributed by atoms with Crippen molar-refractivity contribution in [1.82, 2.24) is 16.0 Å². The molecule has 0 aliphatic heterocycles. The van der Waals surface area contributed by atoms with Crippen molar-refractivity contribution in [3.8, 4) is 0 Å². The van der Waals surface area contributed by atoms with E-state index in [0.717, 1.165) is 35.1 Å². The molecule has 0 radical (unpaired) electrons. The summed E-state index contributed by atoms with van der Waals surface area (Å²) in [6.45, 7) is 1.55. The molecule has 214 valence electrons. The Morgan fingerprint density at radius 3 is 2.54 bits per heavy atom. The first-order valence-electron chi connectivity index (χ1n) is 13.0. The monoisotopic (exact) mass is 596 g/mol. The van der Waals surface area contributed by atoms with Crippen LogP contribution in [0.3, 0.4) is 0 Å². The molecule has 4 rings (SSSR count). The zero-order chi connectivity index (χ0) is 29.7. The number of carbonyl (C=O) groups excluding carboxylic acids is 3. The average Bonchev–Trinajstić information content (AvgIpc) is 3.33.